The number of aliphatic carboxylic acids is 1. The summed E-state index contributed by atoms with van der Waals surface area (Å²) in [5, 5.41) is 11.7. The molecule has 2 N–H and O–H groups in total. The van der Waals surface area contributed by atoms with Gasteiger partial charge in [-0.05, 0) is 59.7 Å². The van der Waals surface area contributed by atoms with Crippen LogP contribution in [0.1, 0.15) is 11.1 Å². The number of hydrogen-bond donors (Lipinski definition) is 2. The van der Waals surface area contributed by atoms with Gasteiger partial charge in [-0.15, -0.1) is 0 Å². The summed E-state index contributed by atoms with van der Waals surface area (Å²) in [4.78, 5) is 26.7. The number of nitrogens with zero attached hydrogens (tertiary/aromatic N) is 1. The predicted octanol–water partition coefficient (Wildman–Crippen LogP) is 5.68. The number of fused-ring (bicyclic) bond motifs is 1. The number of halogens is 2. The standard InChI is InChI=1S/C24H16BrFN2O4/c25-17-5-1-14(2-6-17)9-18(13-29)27-20-7-4-16(12-19(20)26)24-28-21-10-15(11-23(30)31)3-8-22(21)32-24/h1-10,12-13,27H,11H2,(H,30,31). The molecule has 0 bridgehead atoms. The van der Waals surface area contributed by atoms with Gasteiger partial charge in [-0.1, -0.05) is 34.1 Å². The Morgan fingerprint density at radius 1 is 1.12 bits per heavy atom. The van der Waals surface area contributed by atoms with E-state index in [2.05, 4.69) is 26.2 Å². The van der Waals surface area contributed by atoms with Crippen LogP contribution in [0.25, 0.3) is 28.6 Å². The molecule has 32 heavy (non-hydrogen) atoms. The number of aldehydes is 1. The van der Waals surface area contributed by atoms with Crippen molar-refractivity contribution in [3.05, 3.63) is 87.8 Å². The fraction of sp³-hybridized carbons (Fsp3) is 0.0417. The lowest BCUT2D eigenvalue weighted by Gasteiger charge is -2.08. The van der Waals surface area contributed by atoms with Crippen LogP contribution in [0.3, 0.4) is 0 Å². The fourth-order valence-electron chi connectivity index (χ4n) is 3.12. The third-order valence-corrected chi connectivity index (χ3v) is 5.15. The van der Waals surface area contributed by atoms with Crippen molar-refractivity contribution in [3.8, 4) is 11.5 Å². The zero-order chi connectivity index (χ0) is 22.7. The number of benzene rings is 3. The Bertz CT molecular complexity index is 1350. The van der Waals surface area contributed by atoms with Crippen LogP contribution < -0.4 is 5.32 Å². The first-order chi connectivity index (χ1) is 15.4. The van der Waals surface area contributed by atoms with Gasteiger partial charge in [0.25, 0.3) is 0 Å². The lowest BCUT2D eigenvalue weighted by molar-refractivity contribution is -0.136. The van der Waals surface area contributed by atoms with Crippen molar-refractivity contribution in [2.45, 2.75) is 6.42 Å². The smallest absolute Gasteiger partial charge is 0.307 e. The molecular weight excluding hydrogens is 479 g/mol. The predicted molar refractivity (Wildman–Crippen MR) is 123 cm³/mol. The van der Waals surface area contributed by atoms with Crippen LogP contribution in [0, 0.1) is 5.82 Å². The molecule has 0 fully saturated rings. The van der Waals surface area contributed by atoms with E-state index in [0.29, 0.717) is 28.5 Å². The van der Waals surface area contributed by atoms with Crippen molar-refractivity contribution in [2.75, 3.05) is 5.32 Å². The van der Waals surface area contributed by atoms with Gasteiger partial charge in [0.05, 0.1) is 17.8 Å². The molecule has 1 heterocycles. The lowest BCUT2D eigenvalue weighted by atomic mass is 10.1. The van der Waals surface area contributed by atoms with Crippen molar-refractivity contribution >= 4 is 51.0 Å². The molecule has 0 aliphatic carbocycles. The average Bonchev–Trinajstić information content (AvgIpc) is 3.19. The van der Waals surface area contributed by atoms with Crippen molar-refractivity contribution in [3.63, 3.8) is 0 Å². The van der Waals surface area contributed by atoms with Crippen LogP contribution in [-0.4, -0.2) is 22.3 Å². The maximum absolute atomic E-state index is 14.7. The maximum Gasteiger partial charge on any atom is 0.307 e. The van der Waals surface area contributed by atoms with Gasteiger partial charge < -0.3 is 14.8 Å². The second-order valence-corrected chi connectivity index (χ2v) is 7.90. The second kappa shape index (κ2) is 9.15. The van der Waals surface area contributed by atoms with Gasteiger partial charge in [0.1, 0.15) is 11.3 Å². The quantitative estimate of drug-likeness (QED) is 0.253. The number of oxazole rings is 1. The molecule has 4 aromatic rings. The minimum absolute atomic E-state index is 0.125. The molecule has 8 heteroatoms. The second-order valence-electron chi connectivity index (χ2n) is 6.98. The molecule has 0 atom stereocenters. The topological polar surface area (TPSA) is 92.4 Å². The summed E-state index contributed by atoms with van der Waals surface area (Å²) in [7, 11) is 0. The molecule has 3 aromatic carbocycles. The highest BCUT2D eigenvalue weighted by molar-refractivity contribution is 9.10. The number of rotatable bonds is 7. The molecule has 0 aliphatic rings. The Morgan fingerprint density at radius 2 is 1.91 bits per heavy atom. The van der Waals surface area contributed by atoms with Crippen LogP contribution in [-0.2, 0) is 16.0 Å². The summed E-state index contributed by atoms with van der Waals surface area (Å²) in [6.07, 6.45) is 2.10. The van der Waals surface area contributed by atoms with Crippen LogP contribution in [0.4, 0.5) is 10.1 Å². The zero-order valence-electron chi connectivity index (χ0n) is 16.5. The van der Waals surface area contributed by atoms with Gasteiger partial charge in [-0.2, -0.15) is 0 Å². The Morgan fingerprint density at radius 3 is 2.59 bits per heavy atom. The average molecular weight is 495 g/mol. The van der Waals surface area contributed by atoms with Crippen molar-refractivity contribution in [1.29, 1.82) is 0 Å². The van der Waals surface area contributed by atoms with Gasteiger partial charge in [0.15, 0.2) is 11.9 Å². The van der Waals surface area contributed by atoms with Crippen LogP contribution in [0.2, 0.25) is 0 Å². The van der Waals surface area contributed by atoms with Crippen molar-refractivity contribution in [2.24, 2.45) is 0 Å². The molecule has 0 aliphatic heterocycles. The minimum atomic E-state index is -0.942. The Kier molecular flexibility index (Phi) is 6.13. The largest absolute Gasteiger partial charge is 0.481 e. The lowest BCUT2D eigenvalue weighted by Crippen LogP contribution is -2.02. The van der Waals surface area contributed by atoms with Gasteiger partial charge in [-0.3, -0.25) is 9.59 Å². The summed E-state index contributed by atoms with van der Waals surface area (Å²) in [5.74, 6) is -1.32. The van der Waals surface area contributed by atoms with E-state index in [0.717, 1.165) is 10.0 Å². The highest BCUT2D eigenvalue weighted by atomic mass is 79.9. The van der Waals surface area contributed by atoms with E-state index >= 15 is 0 Å². The molecule has 6 nitrogen and oxygen atoms in total. The SMILES string of the molecule is O=CC(=Cc1ccc(Br)cc1)Nc1ccc(-c2nc3cc(CC(=O)O)ccc3o2)cc1F. The van der Waals surface area contributed by atoms with E-state index < -0.39 is 11.8 Å². The van der Waals surface area contributed by atoms with E-state index in [1.807, 2.05) is 24.3 Å². The summed E-state index contributed by atoms with van der Waals surface area (Å²) in [6.45, 7) is 0. The minimum Gasteiger partial charge on any atom is -0.481 e. The van der Waals surface area contributed by atoms with E-state index in [-0.39, 0.29) is 23.7 Å². The first kappa shape index (κ1) is 21.5. The summed E-state index contributed by atoms with van der Waals surface area (Å²) in [6, 6.07) is 16.6. The molecule has 0 saturated heterocycles. The number of allylic oxidation sites excluding steroid dienone is 1. The summed E-state index contributed by atoms with van der Waals surface area (Å²) in [5.41, 5.74) is 3.08. The number of carboxylic acid groups (broad SMARTS) is 1. The molecule has 160 valence electrons. The van der Waals surface area contributed by atoms with E-state index in [4.69, 9.17) is 9.52 Å². The molecule has 0 saturated carbocycles. The third-order valence-electron chi connectivity index (χ3n) is 4.62. The van der Waals surface area contributed by atoms with Gasteiger partial charge in [0.2, 0.25) is 5.89 Å². The fourth-order valence-corrected chi connectivity index (χ4v) is 3.39. The highest BCUT2D eigenvalue weighted by Gasteiger charge is 2.13. The Hall–Kier alpha value is -3.78. The van der Waals surface area contributed by atoms with Crippen LogP contribution in [0.15, 0.2) is 75.3 Å². The van der Waals surface area contributed by atoms with E-state index in [1.54, 1.807) is 30.3 Å². The number of carboxylic acids is 1. The Labute approximate surface area is 190 Å². The van der Waals surface area contributed by atoms with Crippen LogP contribution in [0.5, 0.6) is 0 Å². The highest BCUT2D eigenvalue weighted by Crippen LogP contribution is 2.28. The van der Waals surface area contributed by atoms with Crippen LogP contribution >= 0.6 is 15.9 Å². The van der Waals surface area contributed by atoms with Gasteiger partial charge in [-0.25, -0.2) is 9.37 Å². The van der Waals surface area contributed by atoms with E-state index in [1.165, 1.54) is 12.1 Å². The number of aromatic nitrogens is 1. The monoisotopic (exact) mass is 494 g/mol. The number of hydrogen-bond acceptors (Lipinski definition) is 5. The zero-order valence-corrected chi connectivity index (χ0v) is 18.1. The number of carbonyl (C=O) groups is 2. The first-order valence-electron chi connectivity index (χ1n) is 9.52. The van der Waals surface area contributed by atoms with Crippen molar-refractivity contribution in [1.82, 2.24) is 4.98 Å². The molecule has 0 radical (unpaired) electrons. The van der Waals surface area contributed by atoms with Gasteiger partial charge >= 0.3 is 5.97 Å². The van der Waals surface area contributed by atoms with E-state index in [9.17, 15) is 14.0 Å². The number of nitrogens with one attached hydrogen (secondary N) is 1. The summed E-state index contributed by atoms with van der Waals surface area (Å²) >= 11 is 3.35. The first-order valence-corrected chi connectivity index (χ1v) is 10.3. The molecule has 4 rings (SSSR count). The normalized spacial score (nSPS) is 11.5. The molecular formula is C24H16BrFN2O4. The molecule has 0 unspecified atom stereocenters. The molecule has 1 aromatic heterocycles. The molecule has 0 amide bonds. The maximum atomic E-state index is 14.7. The third kappa shape index (κ3) is 4.92. The van der Waals surface area contributed by atoms with Gasteiger partial charge in [0, 0.05) is 10.0 Å². The number of carbonyl (C=O) groups excluding carboxylic acids is 1. The van der Waals surface area contributed by atoms with Crippen molar-refractivity contribution < 1.29 is 23.5 Å². The Balaban J connectivity index is 1.58. The number of anilines is 1. The summed E-state index contributed by atoms with van der Waals surface area (Å²) < 4.78 is 21.3. The molecule has 0 spiro atoms.